The Labute approximate surface area is 126 Å². The van der Waals surface area contributed by atoms with Gasteiger partial charge in [0.05, 0.1) is 12.7 Å². The summed E-state index contributed by atoms with van der Waals surface area (Å²) in [4.78, 5) is 11.5. The van der Waals surface area contributed by atoms with Crippen molar-refractivity contribution >= 4 is 28.0 Å². The first-order valence-electron chi connectivity index (χ1n) is 6.35. The summed E-state index contributed by atoms with van der Waals surface area (Å²) in [5, 5.41) is 0. The number of rotatable bonds is 2. The molecule has 20 heavy (non-hydrogen) atoms. The molecule has 0 heterocycles. The van der Waals surface area contributed by atoms with E-state index in [0.717, 1.165) is 10.0 Å². The van der Waals surface area contributed by atoms with Gasteiger partial charge in [-0.3, -0.25) is 0 Å². The number of esters is 1. The average molecular weight is 329 g/mol. The monoisotopic (exact) mass is 328 g/mol. The van der Waals surface area contributed by atoms with Crippen LogP contribution in [-0.2, 0) is 4.74 Å². The minimum atomic E-state index is -0.307. The molecule has 1 aliphatic rings. The quantitative estimate of drug-likeness (QED) is 0.766. The molecule has 3 heteroatoms. The van der Waals surface area contributed by atoms with Gasteiger partial charge in [-0.15, -0.1) is 0 Å². The molecule has 100 valence electrons. The minimum Gasteiger partial charge on any atom is -0.465 e. The summed E-state index contributed by atoms with van der Waals surface area (Å²) < 4.78 is 5.86. The number of halogens is 1. The number of carbonyl (C=O) groups is 1. The van der Waals surface area contributed by atoms with Gasteiger partial charge < -0.3 is 4.74 Å². The van der Waals surface area contributed by atoms with E-state index in [0.29, 0.717) is 5.56 Å². The standard InChI is InChI=1S/C17H13BrO2/c1-20-17(19)12-8-6-11(7-9-12)16-14-5-3-2-4-13(14)10-15(16)18/h2-10,16H,1H3. The van der Waals surface area contributed by atoms with Crippen LogP contribution in [0.4, 0.5) is 0 Å². The van der Waals surface area contributed by atoms with Crippen LogP contribution < -0.4 is 0 Å². The van der Waals surface area contributed by atoms with Gasteiger partial charge in [0.15, 0.2) is 0 Å². The number of hydrogen-bond acceptors (Lipinski definition) is 2. The highest BCUT2D eigenvalue weighted by molar-refractivity contribution is 9.11. The number of benzene rings is 2. The lowest BCUT2D eigenvalue weighted by Gasteiger charge is -2.14. The van der Waals surface area contributed by atoms with Gasteiger partial charge in [-0.25, -0.2) is 4.79 Å². The Hall–Kier alpha value is -1.87. The Bertz CT molecular complexity index is 686. The van der Waals surface area contributed by atoms with Crippen molar-refractivity contribution in [2.24, 2.45) is 0 Å². The highest BCUT2D eigenvalue weighted by atomic mass is 79.9. The molecule has 0 aromatic heterocycles. The van der Waals surface area contributed by atoms with Gasteiger partial charge in [0.25, 0.3) is 0 Å². The summed E-state index contributed by atoms with van der Waals surface area (Å²) in [6.45, 7) is 0. The van der Waals surface area contributed by atoms with Crippen molar-refractivity contribution < 1.29 is 9.53 Å². The minimum absolute atomic E-state index is 0.206. The molecule has 3 rings (SSSR count). The van der Waals surface area contributed by atoms with E-state index in [4.69, 9.17) is 4.74 Å². The van der Waals surface area contributed by atoms with Crippen molar-refractivity contribution in [3.63, 3.8) is 0 Å². The van der Waals surface area contributed by atoms with Crippen LogP contribution in [0.5, 0.6) is 0 Å². The molecular weight excluding hydrogens is 316 g/mol. The summed E-state index contributed by atoms with van der Waals surface area (Å²) in [7, 11) is 1.39. The fourth-order valence-corrected chi connectivity index (χ4v) is 3.31. The molecule has 1 aliphatic carbocycles. The Morgan fingerprint density at radius 1 is 1.10 bits per heavy atom. The molecule has 0 amide bonds. The molecule has 1 atom stereocenters. The second-order valence-electron chi connectivity index (χ2n) is 4.70. The molecule has 0 spiro atoms. The van der Waals surface area contributed by atoms with Crippen LogP contribution in [0, 0.1) is 0 Å². The maximum absolute atomic E-state index is 11.5. The van der Waals surface area contributed by atoms with Crippen LogP contribution in [0.3, 0.4) is 0 Å². The van der Waals surface area contributed by atoms with Gasteiger partial charge in [0.1, 0.15) is 0 Å². The van der Waals surface area contributed by atoms with Crippen LogP contribution in [0.25, 0.3) is 6.08 Å². The van der Waals surface area contributed by atoms with E-state index in [1.54, 1.807) is 0 Å². The van der Waals surface area contributed by atoms with Gasteiger partial charge in [0, 0.05) is 10.4 Å². The zero-order chi connectivity index (χ0) is 14.1. The van der Waals surface area contributed by atoms with Crippen molar-refractivity contribution in [1.82, 2.24) is 0 Å². The molecule has 1 unspecified atom stereocenters. The number of hydrogen-bond donors (Lipinski definition) is 0. The Balaban J connectivity index is 1.98. The highest BCUT2D eigenvalue weighted by Gasteiger charge is 2.25. The van der Waals surface area contributed by atoms with Crippen molar-refractivity contribution in [3.05, 3.63) is 75.3 Å². The largest absolute Gasteiger partial charge is 0.465 e. The van der Waals surface area contributed by atoms with Crippen molar-refractivity contribution in [3.8, 4) is 0 Å². The Morgan fingerprint density at radius 3 is 2.50 bits per heavy atom. The molecule has 0 radical (unpaired) electrons. The van der Waals surface area contributed by atoms with Crippen LogP contribution in [0.15, 0.2) is 53.0 Å². The SMILES string of the molecule is COC(=O)c1ccc(C2C(Br)=Cc3ccccc32)cc1. The second-order valence-corrected chi connectivity index (χ2v) is 5.62. The van der Waals surface area contributed by atoms with Gasteiger partial charge in [-0.2, -0.15) is 0 Å². The number of ether oxygens (including phenoxy) is 1. The van der Waals surface area contributed by atoms with E-state index in [9.17, 15) is 4.79 Å². The number of fused-ring (bicyclic) bond motifs is 1. The first kappa shape index (κ1) is 13.1. The van der Waals surface area contributed by atoms with Crippen LogP contribution in [-0.4, -0.2) is 13.1 Å². The van der Waals surface area contributed by atoms with Crippen molar-refractivity contribution in [2.75, 3.05) is 7.11 Å². The number of allylic oxidation sites excluding steroid dienone is 1. The lowest BCUT2D eigenvalue weighted by atomic mass is 9.92. The van der Waals surface area contributed by atoms with Gasteiger partial charge in [0.2, 0.25) is 0 Å². The number of methoxy groups -OCH3 is 1. The van der Waals surface area contributed by atoms with Crippen molar-refractivity contribution in [2.45, 2.75) is 5.92 Å². The summed E-state index contributed by atoms with van der Waals surface area (Å²) in [5.74, 6) is -0.101. The van der Waals surface area contributed by atoms with Crippen LogP contribution >= 0.6 is 15.9 Å². The third-order valence-electron chi connectivity index (χ3n) is 3.54. The second kappa shape index (κ2) is 5.25. The van der Waals surface area contributed by atoms with Crippen LogP contribution in [0.1, 0.15) is 33.0 Å². The molecular formula is C17H13BrO2. The molecule has 0 N–H and O–H groups in total. The molecule has 0 bridgehead atoms. The first-order chi connectivity index (χ1) is 9.70. The summed E-state index contributed by atoms with van der Waals surface area (Å²) in [6, 6.07) is 15.9. The lowest BCUT2D eigenvalue weighted by Crippen LogP contribution is -2.03. The predicted molar refractivity (Wildman–Crippen MR) is 83.0 cm³/mol. The molecule has 2 aromatic carbocycles. The van der Waals surface area contributed by atoms with E-state index in [-0.39, 0.29) is 11.9 Å². The average Bonchev–Trinajstić information content (AvgIpc) is 2.82. The maximum atomic E-state index is 11.5. The van der Waals surface area contributed by atoms with Gasteiger partial charge in [-0.05, 0) is 34.9 Å². The zero-order valence-electron chi connectivity index (χ0n) is 11.0. The topological polar surface area (TPSA) is 26.3 Å². The van der Waals surface area contributed by atoms with E-state index in [2.05, 4.69) is 34.1 Å². The molecule has 0 fully saturated rings. The first-order valence-corrected chi connectivity index (χ1v) is 7.14. The van der Waals surface area contributed by atoms with E-state index in [1.807, 2.05) is 36.4 Å². The maximum Gasteiger partial charge on any atom is 0.337 e. The van der Waals surface area contributed by atoms with Gasteiger partial charge in [-0.1, -0.05) is 52.3 Å². The van der Waals surface area contributed by atoms with E-state index >= 15 is 0 Å². The van der Waals surface area contributed by atoms with Crippen LogP contribution in [0.2, 0.25) is 0 Å². The van der Waals surface area contributed by atoms with Crippen molar-refractivity contribution in [1.29, 1.82) is 0 Å². The highest BCUT2D eigenvalue weighted by Crippen LogP contribution is 2.43. The fraction of sp³-hybridized carbons (Fsp3) is 0.118. The van der Waals surface area contributed by atoms with E-state index in [1.165, 1.54) is 18.2 Å². The Morgan fingerprint density at radius 2 is 1.80 bits per heavy atom. The predicted octanol–water partition coefficient (Wildman–Crippen LogP) is 4.35. The van der Waals surface area contributed by atoms with Gasteiger partial charge >= 0.3 is 5.97 Å². The third-order valence-corrected chi connectivity index (χ3v) is 4.23. The van der Waals surface area contributed by atoms with E-state index < -0.39 is 0 Å². The molecule has 2 nitrogen and oxygen atoms in total. The lowest BCUT2D eigenvalue weighted by molar-refractivity contribution is 0.0600. The zero-order valence-corrected chi connectivity index (χ0v) is 12.6. The summed E-state index contributed by atoms with van der Waals surface area (Å²) >= 11 is 3.65. The molecule has 2 aromatic rings. The summed E-state index contributed by atoms with van der Waals surface area (Å²) in [6.07, 6.45) is 2.15. The normalized spacial score (nSPS) is 16.5. The smallest absolute Gasteiger partial charge is 0.337 e. The number of carbonyl (C=O) groups excluding carboxylic acids is 1. The molecule has 0 saturated carbocycles. The molecule has 0 saturated heterocycles. The Kier molecular flexibility index (Phi) is 3.45. The molecule has 0 aliphatic heterocycles. The summed E-state index contributed by atoms with van der Waals surface area (Å²) in [5.41, 5.74) is 4.25. The third kappa shape index (κ3) is 2.18. The fourth-order valence-electron chi connectivity index (χ4n) is 2.55.